The molecule has 4 aromatic rings. The molecule has 4 rings (SSSR count). The Kier molecular flexibility index (Phi) is 8.17. The van der Waals surface area contributed by atoms with E-state index in [1.54, 1.807) is 32.2 Å². The number of nitrogens with zero attached hydrogens (tertiary/aromatic N) is 3. The van der Waals surface area contributed by atoms with Crippen molar-refractivity contribution in [2.75, 3.05) is 27.4 Å². The van der Waals surface area contributed by atoms with Crippen molar-refractivity contribution in [2.24, 2.45) is 0 Å². The zero-order valence-corrected chi connectivity index (χ0v) is 20.2. The van der Waals surface area contributed by atoms with Gasteiger partial charge < -0.3 is 19.4 Å². The number of ether oxygens (including phenoxy) is 2. The van der Waals surface area contributed by atoms with E-state index >= 15 is 0 Å². The largest absolute Gasteiger partial charge is 0.497 e. The van der Waals surface area contributed by atoms with Gasteiger partial charge in [-0.1, -0.05) is 36.0 Å². The van der Waals surface area contributed by atoms with Gasteiger partial charge in [0.15, 0.2) is 5.16 Å². The van der Waals surface area contributed by atoms with Gasteiger partial charge in [0.1, 0.15) is 5.75 Å². The number of benzene rings is 2. The summed E-state index contributed by atoms with van der Waals surface area (Å²) in [5, 5.41) is 3.85. The number of hydrogen-bond acceptors (Lipinski definition) is 6. The van der Waals surface area contributed by atoms with Crippen molar-refractivity contribution in [3.05, 3.63) is 83.7 Å². The van der Waals surface area contributed by atoms with Crippen LogP contribution in [-0.4, -0.2) is 47.8 Å². The summed E-state index contributed by atoms with van der Waals surface area (Å²) in [6.07, 6.45) is 4.40. The van der Waals surface area contributed by atoms with Gasteiger partial charge in [0.25, 0.3) is 5.91 Å². The van der Waals surface area contributed by atoms with E-state index in [1.807, 2.05) is 48.7 Å². The molecule has 8 heteroatoms. The van der Waals surface area contributed by atoms with Gasteiger partial charge in [0.2, 0.25) is 0 Å². The molecule has 0 bridgehead atoms. The monoisotopic (exact) mass is 476 g/mol. The van der Waals surface area contributed by atoms with E-state index in [0.29, 0.717) is 25.3 Å². The Morgan fingerprint density at radius 1 is 1.03 bits per heavy atom. The zero-order valence-electron chi connectivity index (χ0n) is 19.4. The maximum Gasteiger partial charge on any atom is 0.251 e. The van der Waals surface area contributed by atoms with Crippen molar-refractivity contribution in [2.45, 2.75) is 23.9 Å². The lowest BCUT2D eigenvalue weighted by atomic mass is 10.1. The Hall–Kier alpha value is -3.36. The van der Waals surface area contributed by atoms with Crippen LogP contribution in [0.25, 0.3) is 11.0 Å². The number of pyridine rings is 1. The van der Waals surface area contributed by atoms with E-state index in [1.165, 1.54) is 5.56 Å². The molecule has 0 unspecified atom stereocenters. The molecule has 0 fully saturated rings. The fourth-order valence-electron chi connectivity index (χ4n) is 3.54. The molecule has 2 heterocycles. The normalized spacial score (nSPS) is 11.0. The summed E-state index contributed by atoms with van der Waals surface area (Å²) in [5.41, 5.74) is 4.83. The van der Waals surface area contributed by atoms with Gasteiger partial charge in [-0.2, -0.15) is 0 Å². The zero-order chi connectivity index (χ0) is 23.8. The lowest BCUT2D eigenvalue weighted by Gasteiger charge is -2.10. The van der Waals surface area contributed by atoms with E-state index in [-0.39, 0.29) is 5.91 Å². The molecule has 0 saturated heterocycles. The first-order valence-corrected chi connectivity index (χ1v) is 12.1. The number of amides is 1. The van der Waals surface area contributed by atoms with Gasteiger partial charge in [-0.15, -0.1) is 0 Å². The molecule has 1 N–H and O–H groups in total. The topological polar surface area (TPSA) is 78.3 Å². The summed E-state index contributed by atoms with van der Waals surface area (Å²) in [6, 6.07) is 17.7. The average molecular weight is 477 g/mol. The second kappa shape index (κ2) is 11.7. The third-order valence-electron chi connectivity index (χ3n) is 5.41. The van der Waals surface area contributed by atoms with Crippen molar-refractivity contribution in [1.29, 1.82) is 0 Å². The van der Waals surface area contributed by atoms with Crippen molar-refractivity contribution < 1.29 is 14.3 Å². The highest BCUT2D eigenvalue weighted by Gasteiger charge is 2.13. The molecule has 7 nitrogen and oxygen atoms in total. The van der Waals surface area contributed by atoms with Gasteiger partial charge in [0.05, 0.1) is 30.9 Å². The number of imidazole rings is 1. The summed E-state index contributed by atoms with van der Waals surface area (Å²) in [7, 11) is 3.32. The Bertz CT molecular complexity index is 1220. The first kappa shape index (κ1) is 23.8. The molecule has 0 spiro atoms. The highest BCUT2D eigenvalue weighted by Crippen LogP contribution is 2.28. The number of fused-ring (bicyclic) bond motifs is 1. The number of aromatic nitrogens is 3. The molecule has 176 valence electrons. The number of hydrogen-bond donors (Lipinski definition) is 1. The predicted molar refractivity (Wildman–Crippen MR) is 134 cm³/mol. The van der Waals surface area contributed by atoms with E-state index in [4.69, 9.17) is 14.5 Å². The standard InChI is InChI=1S/C26H28N4O3S/c1-32-15-3-13-28-25(31)21-8-4-19(5-9-21)17-30-24-16-27-14-12-23(24)29-26(30)34-18-20-6-10-22(33-2)11-7-20/h4-12,14,16H,3,13,15,17-18H2,1-2H3,(H,28,31). The summed E-state index contributed by atoms with van der Waals surface area (Å²) in [4.78, 5) is 21.5. The summed E-state index contributed by atoms with van der Waals surface area (Å²) >= 11 is 1.69. The van der Waals surface area contributed by atoms with Crippen molar-refractivity contribution in [1.82, 2.24) is 19.9 Å². The molecule has 0 radical (unpaired) electrons. The Labute approximate surface area is 203 Å². The molecular formula is C26H28N4O3S. The van der Waals surface area contributed by atoms with Crippen molar-refractivity contribution in [3.63, 3.8) is 0 Å². The number of nitrogens with one attached hydrogen (secondary N) is 1. The molecule has 2 aromatic carbocycles. The van der Waals surface area contributed by atoms with E-state index in [9.17, 15) is 4.79 Å². The molecular weight excluding hydrogens is 448 g/mol. The Morgan fingerprint density at radius 3 is 2.53 bits per heavy atom. The van der Waals surface area contributed by atoms with Gasteiger partial charge >= 0.3 is 0 Å². The second-order valence-electron chi connectivity index (χ2n) is 7.78. The quantitative estimate of drug-likeness (QED) is 0.253. The van der Waals surface area contributed by atoms with Crippen LogP contribution in [0, 0.1) is 0 Å². The highest BCUT2D eigenvalue weighted by atomic mass is 32.2. The first-order valence-electron chi connectivity index (χ1n) is 11.1. The van der Waals surface area contributed by atoms with Crippen LogP contribution in [-0.2, 0) is 17.0 Å². The van der Waals surface area contributed by atoms with Crippen LogP contribution < -0.4 is 10.1 Å². The Balaban J connectivity index is 1.48. The number of carbonyl (C=O) groups is 1. The van der Waals surface area contributed by atoms with Crippen LogP contribution in [0.5, 0.6) is 5.75 Å². The van der Waals surface area contributed by atoms with Gasteiger partial charge in [-0.3, -0.25) is 9.78 Å². The first-order chi connectivity index (χ1) is 16.7. The lowest BCUT2D eigenvalue weighted by molar-refractivity contribution is 0.0948. The van der Waals surface area contributed by atoms with Crippen LogP contribution in [0.2, 0.25) is 0 Å². The number of carbonyl (C=O) groups excluding carboxylic acids is 1. The molecule has 34 heavy (non-hydrogen) atoms. The second-order valence-corrected chi connectivity index (χ2v) is 8.72. The summed E-state index contributed by atoms with van der Waals surface area (Å²) < 4.78 is 12.4. The molecule has 0 aliphatic heterocycles. The fraction of sp³-hybridized carbons (Fsp3) is 0.269. The van der Waals surface area contributed by atoms with Gasteiger partial charge in [-0.25, -0.2) is 4.98 Å². The minimum absolute atomic E-state index is 0.0735. The summed E-state index contributed by atoms with van der Waals surface area (Å²) in [6.45, 7) is 1.87. The van der Waals surface area contributed by atoms with Crippen LogP contribution in [0.15, 0.2) is 72.1 Å². The van der Waals surface area contributed by atoms with Crippen molar-refractivity contribution in [3.8, 4) is 5.75 Å². The minimum Gasteiger partial charge on any atom is -0.497 e. The van der Waals surface area contributed by atoms with Crippen LogP contribution >= 0.6 is 11.8 Å². The third-order valence-corrected chi connectivity index (χ3v) is 6.46. The maximum absolute atomic E-state index is 12.3. The van der Waals surface area contributed by atoms with E-state index in [0.717, 1.165) is 39.7 Å². The van der Waals surface area contributed by atoms with Crippen LogP contribution in [0.3, 0.4) is 0 Å². The smallest absolute Gasteiger partial charge is 0.251 e. The highest BCUT2D eigenvalue weighted by molar-refractivity contribution is 7.98. The molecule has 2 aromatic heterocycles. The Morgan fingerprint density at radius 2 is 1.79 bits per heavy atom. The minimum atomic E-state index is -0.0735. The fourth-order valence-corrected chi connectivity index (χ4v) is 4.51. The number of methoxy groups -OCH3 is 2. The predicted octanol–water partition coefficient (Wildman–Crippen LogP) is 4.55. The van der Waals surface area contributed by atoms with Gasteiger partial charge in [-0.05, 0) is 47.9 Å². The third kappa shape index (κ3) is 5.95. The average Bonchev–Trinajstić information content (AvgIpc) is 3.23. The summed E-state index contributed by atoms with van der Waals surface area (Å²) in [5.74, 6) is 1.57. The molecule has 0 aliphatic carbocycles. The molecule has 0 atom stereocenters. The maximum atomic E-state index is 12.3. The van der Waals surface area contributed by atoms with Gasteiger partial charge in [0, 0.05) is 37.8 Å². The lowest BCUT2D eigenvalue weighted by Crippen LogP contribution is -2.25. The van der Waals surface area contributed by atoms with Crippen LogP contribution in [0.1, 0.15) is 27.9 Å². The van der Waals surface area contributed by atoms with Crippen LogP contribution in [0.4, 0.5) is 0 Å². The number of thioether (sulfide) groups is 1. The van der Waals surface area contributed by atoms with E-state index < -0.39 is 0 Å². The molecule has 1 amide bonds. The molecule has 0 aliphatic rings. The molecule has 0 saturated carbocycles. The SMILES string of the molecule is COCCCNC(=O)c1ccc(Cn2c(SCc3ccc(OC)cc3)nc3ccncc32)cc1. The van der Waals surface area contributed by atoms with Crippen molar-refractivity contribution >= 4 is 28.7 Å². The van der Waals surface area contributed by atoms with E-state index in [2.05, 4.69) is 27.0 Å². The number of rotatable bonds is 11.